The summed E-state index contributed by atoms with van der Waals surface area (Å²) in [6.45, 7) is -0.349. The standard InChI is InChI=1S/C13H15FN4O4S2/c1-17-9-15-16-13(17)24(21,22)11-6-18(7-11)23(19,20)8-10-4-2-3-5-12(10)14/h2-5,9,11H,6-8H2,1H3. The summed E-state index contributed by atoms with van der Waals surface area (Å²) in [5.74, 6) is -1.11. The van der Waals surface area contributed by atoms with Gasteiger partial charge in [-0.2, -0.15) is 4.31 Å². The molecule has 1 aromatic carbocycles. The molecule has 1 aliphatic rings. The lowest BCUT2D eigenvalue weighted by Gasteiger charge is -2.37. The maximum Gasteiger partial charge on any atom is 0.249 e. The predicted molar refractivity (Wildman–Crippen MR) is 82.6 cm³/mol. The third-order valence-corrected chi connectivity index (χ3v) is 7.68. The lowest BCUT2D eigenvalue weighted by molar-refractivity contribution is 0.308. The number of hydrogen-bond donors (Lipinski definition) is 0. The number of rotatable bonds is 5. The Bertz CT molecular complexity index is 965. The molecule has 0 bridgehead atoms. The Hall–Kier alpha value is -1.85. The Morgan fingerprint density at radius 3 is 2.46 bits per heavy atom. The highest BCUT2D eigenvalue weighted by Crippen LogP contribution is 2.26. The van der Waals surface area contributed by atoms with Gasteiger partial charge < -0.3 is 4.57 Å². The average molecular weight is 374 g/mol. The van der Waals surface area contributed by atoms with Gasteiger partial charge in [0.1, 0.15) is 12.1 Å². The first kappa shape index (κ1) is 17.0. The Morgan fingerprint density at radius 2 is 1.88 bits per heavy atom. The van der Waals surface area contributed by atoms with Crippen LogP contribution in [0.3, 0.4) is 0 Å². The van der Waals surface area contributed by atoms with E-state index in [1.54, 1.807) is 6.07 Å². The molecule has 2 aromatic rings. The Kier molecular flexibility index (Phi) is 4.18. The van der Waals surface area contributed by atoms with Crippen molar-refractivity contribution in [2.75, 3.05) is 13.1 Å². The zero-order valence-corrected chi connectivity index (χ0v) is 14.3. The molecule has 130 valence electrons. The van der Waals surface area contributed by atoms with Crippen LogP contribution < -0.4 is 0 Å². The van der Waals surface area contributed by atoms with Gasteiger partial charge in [0.15, 0.2) is 0 Å². The molecule has 1 saturated heterocycles. The zero-order chi connectivity index (χ0) is 17.5. The van der Waals surface area contributed by atoms with Crippen LogP contribution in [-0.2, 0) is 32.7 Å². The van der Waals surface area contributed by atoms with E-state index in [2.05, 4.69) is 10.2 Å². The predicted octanol–water partition coefficient (Wildman–Crippen LogP) is -0.0579. The van der Waals surface area contributed by atoms with Gasteiger partial charge in [-0.25, -0.2) is 21.2 Å². The van der Waals surface area contributed by atoms with E-state index in [0.717, 1.165) is 4.31 Å². The minimum atomic E-state index is -3.79. The molecule has 0 unspecified atom stereocenters. The number of sulfonamides is 1. The van der Waals surface area contributed by atoms with E-state index in [1.165, 1.54) is 36.1 Å². The van der Waals surface area contributed by atoms with E-state index >= 15 is 0 Å². The zero-order valence-electron chi connectivity index (χ0n) is 12.7. The van der Waals surface area contributed by atoms with Crippen molar-refractivity contribution in [2.24, 2.45) is 7.05 Å². The number of hydrogen-bond acceptors (Lipinski definition) is 6. The summed E-state index contributed by atoms with van der Waals surface area (Å²) < 4.78 is 65.3. The fourth-order valence-electron chi connectivity index (χ4n) is 2.41. The van der Waals surface area contributed by atoms with Gasteiger partial charge in [0.2, 0.25) is 25.0 Å². The smallest absolute Gasteiger partial charge is 0.249 e. The van der Waals surface area contributed by atoms with Gasteiger partial charge in [-0.1, -0.05) is 18.2 Å². The minimum absolute atomic E-state index is 0.0529. The molecule has 1 aliphatic heterocycles. The molecule has 1 fully saturated rings. The molecule has 2 heterocycles. The van der Waals surface area contributed by atoms with E-state index in [0.29, 0.717) is 0 Å². The van der Waals surface area contributed by atoms with Crippen LogP contribution in [0.4, 0.5) is 4.39 Å². The van der Waals surface area contributed by atoms with Gasteiger partial charge in [-0.15, -0.1) is 10.2 Å². The summed E-state index contributed by atoms with van der Waals surface area (Å²) in [5.41, 5.74) is 0.0529. The van der Waals surface area contributed by atoms with Gasteiger partial charge in [0, 0.05) is 25.7 Å². The highest BCUT2D eigenvalue weighted by atomic mass is 32.2. The first-order valence-corrected chi connectivity index (χ1v) is 10.2. The third kappa shape index (κ3) is 2.94. The fraction of sp³-hybridized carbons (Fsp3) is 0.385. The number of nitrogens with zero attached hydrogens (tertiary/aromatic N) is 4. The first-order valence-electron chi connectivity index (χ1n) is 7.01. The molecule has 0 radical (unpaired) electrons. The maximum atomic E-state index is 13.6. The molecular weight excluding hydrogens is 359 g/mol. The van der Waals surface area contributed by atoms with Crippen molar-refractivity contribution in [1.82, 2.24) is 19.1 Å². The lowest BCUT2D eigenvalue weighted by atomic mass is 10.2. The van der Waals surface area contributed by atoms with Crippen LogP contribution in [0.15, 0.2) is 35.7 Å². The SMILES string of the molecule is Cn1cnnc1S(=O)(=O)C1CN(S(=O)(=O)Cc2ccccc2F)C1. The van der Waals surface area contributed by atoms with Crippen LogP contribution in [0.5, 0.6) is 0 Å². The maximum absolute atomic E-state index is 13.6. The summed E-state index contributed by atoms with van der Waals surface area (Å²) >= 11 is 0. The molecule has 0 N–H and O–H groups in total. The van der Waals surface area contributed by atoms with Crippen LogP contribution in [-0.4, -0.2) is 54.2 Å². The molecule has 0 aliphatic carbocycles. The molecule has 0 saturated carbocycles. The van der Waals surface area contributed by atoms with E-state index < -0.39 is 36.7 Å². The number of halogens is 1. The molecule has 24 heavy (non-hydrogen) atoms. The normalized spacial score (nSPS) is 16.9. The first-order chi connectivity index (χ1) is 11.2. The molecule has 0 amide bonds. The van der Waals surface area contributed by atoms with Crippen molar-refractivity contribution in [3.05, 3.63) is 42.0 Å². The van der Waals surface area contributed by atoms with Crippen molar-refractivity contribution < 1.29 is 21.2 Å². The fourth-order valence-corrected chi connectivity index (χ4v) is 5.88. The highest BCUT2D eigenvalue weighted by molar-refractivity contribution is 7.92. The van der Waals surface area contributed by atoms with Crippen LogP contribution in [0.25, 0.3) is 0 Å². The van der Waals surface area contributed by atoms with Gasteiger partial charge in [-0.3, -0.25) is 0 Å². The molecule has 0 atom stereocenters. The largest absolute Gasteiger partial charge is 0.308 e. The number of aromatic nitrogens is 3. The van der Waals surface area contributed by atoms with E-state index in [-0.39, 0.29) is 23.8 Å². The third-order valence-electron chi connectivity index (χ3n) is 3.87. The van der Waals surface area contributed by atoms with E-state index in [4.69, 9.17) is 0 Å². The quantitative estimate of drug-likeness (QED) is 0.727. The second-order valence-electron chi connectivity index (χ2n) is 5.56. The summed E-state index contributed by atoms with van der Waals surface area (Å²) in [5, 5.41) is 6.01. The number of benzene rings is 1. The van der Waals surface area contributed by atoms with Gasteiger partial charge >= 0.3 is 0 Å². The van der Waals surface area contributed by atoms with E-state index in [1.807, 2.05) is 0 Å². The summed E-state index contributed by atoms with van der Waals surface area (Å²) in [7, 11) is -6.04. The molecule has 1 aromatic heterocycles. The van der Waals surface area contributed by atoms with Crippen molar-refractivity contribution >= 4 is 19.9 Å². The van der Waals surface area contributed by atoms with E-state index in [9.17, 15) is 21.2 Å². The molecule has 0 spiro atoms. The monoisotopic (exact) mass is 374 g/mol. The number of aryl methyl sites for hydroxylation is 1. The van der Waals surface area contributed by atoms with Crippen LogP contribution in [0.2, 0.25) is 0 Å². The van der Waals surface area contributed by atoms with Crippen LogP contribution in [0.1, 0.15) is 5.56 Å². The molecular formula is C13H15FN4O4S2. The summed E-state index contributed by atoms with van der Waals surface area (Å²) in [6, 6.07) is 5.59. The van der Waals surface area contributed by atoms with Crippen molar-refractivity contribution in [2.45, 2.75) is 16.2 Å². The van der Waals surface area contributed by atoms with Crippen LogP contribution >= 0.6 is 0 Å². The molecule has 8 nitrogen and oxygen atoms in total. The van der Waals surface area contributed by atoms with Crippen LogP contribution in [0, 0.1) is 5.82 Å². The highest BCUT2D eigenvalue weighted by Gasteiger charge is 2.45. The molecule has 11 heteroatoms. The molecule has 3 rings (SSSR count). The second-order valence-corrected chi connectivity index (χ2v) is 9.65. The average Bonchev–Trinajstić information content (AvgIpc) is 2.85. The van der Waals surface area contributed by atoms with Gasteiger partial charge in [0.25, 0.3) is 0 Å². The Labute approximate surface area is 138 Å². The van der Waals surface area contributed by atoms with Crippen molar-refractivity contribution in [3.8, 4) is 0 Å². The van der Waals surface area contributed by atoms with Gasteiger partial charge in [-0.05, 0) is 6.07 Å². The Balaban J connectivity index is 1.72. The van der Waals surface area contributed by atoms with Crippen molar-refractivity contribution in [1.29, 1.82) is 0 Å². The summed E-state index contributed by atoms with van der Waals surface area (Å²) in [6.07, 6.45) is 1.26. The minimum Gasteiger partial charge on any atom is -0.308 e. The second kappa shape index (κ2) is 5.90. The Morgan fingerprint density at radius 1 is 1.21 bits per heavy atom. The summed E-state index contributed by atoms with van der Waals surface area (Å²) in [4.78, 5) is 0. The van der Waals surface area contributed by atoms with Crippen molar-refractivity contribution in [3.63, 3.8) is 0 Å². The lowest BCUT2D eigenvalue weighted by Crippen LogP contribution is -2.57. The van der Waals surface area contributed by atoms with Gasteiger partial charge in [0.05, 0.1) is 11.0 Å². The topological polar surface area (TPSA) is 102 Å². The number of sulfone groups is 1.